The Labute approximate surface area is 156 Å². The fourth-order valence-electron chi connectivity index (χ4n) is 3.21. The summed E-state index contributed by atoms with van der Waals surface area (Å²) in [6.07, 6.45) is 3.65. The van der Waals surface area contributed by atoms with E-state index in [0.29, 0.717) is 49.4 Å². The fourth-order valence-corrected chi connectivity index (χ4v) is 3.21. The minimum atomic E-state index is -0.604. The lowest BCUT2D eigenvalue weighted by atomic mass is 9.75. The lowest BCUT2D eigenvalue weighted by Gasteiger charge is -2.30. The number of aliphatic hydroxyl groups excluding tert-OH is 1. The van der Waals surface area contributed by atoms with Gasteiger partial charge in [-0.3, -0.25) is 14.6 Å². The van der Waals surface area contributed by atoms with Gasteiger partial charge in [0.05, 0.1) is 12.7 Å². The van der Waals surface area contributed by atoms with Crippen LogP contribution >= 0.6 is 0 Å². The molecule has 0 fully saturated rings. The predicted molar refractivity (Wildman–Crippen MR) is 103 cm³/mol. The van der Waals surface area contributed by atoms with E-state index >= 15 is 0 Å². The van der Waals surface area contributed by atoms with Crippen LogP contribution in [0.1, 0.15) is 66.2 Å². The van der Waals surface area contributed by atoms with Gasteiger partial charge in [0.1, 0.15) is 11.8 Å². The van der Waals surface area contributed by atoms with E-state index in [4.69, 9.17) is 5.73 Å². The van der Waals surface area contributed by atoms with Crippen molar-refractivity contribution in [2.24, 2.45) is 22.1 Å². The number of esters is 1. The Morgan fingerprint density at radius 2 is 1.96 bits per heavy atom. The maximum Gasteiger partial charge on any atom is 0.322 e. The normalized spacial score (nSPS) is 19.0. The molecule has 0 amide bonds. The first kappa shape index (κ1) is 22.4. The number of carbonyl (C=O) groups excluding carboxylic acids is 2. The molecule has 1 atom stereocenters. The van der Waals surface area contributed by atoms with Crippen molar-refractivity contribution in [3.05, 3.63) is 11.3 Å². The number of ether oxygens (including phenoxy) is 1. The predicted octanol–water partition coefficient (Wildman–Crippen LogP) is 3.35. The first-order valence-corrected chi connectivity index (χ1v) is 9.40. The zero-order valence-corrected chi connectivity index (χ0v) is 16.8. The van der Waals surface area contributed by atoms with Crippen LogP contribution in [0.4, 0.5) is 0 Å². The van der Waals surface area contributed by atoms with Crippen LogP contribution in [0.3, 0.4) is 0 Å². The van der Waals surface area contributed by atoms with Crippen molar-refractivity contribution in [3.8, 4) is 0 Å². The van der Waals surface area contributed by atoms with Crippen LogP contribution in [0, 0.1) is 11.3 Å². The molecule has 0 aromatic rings. The molecule has 0 saturated carbocycles. The number of methoxy groups -OCH3 is 1. The molecule has 1 rings (SSSR count). The van der Waals surface area contributed by atoms with Gasteiger partial charge in [-0.2, -0.15) is 0 Å². The number of rotatable bonds is 9. The molecule has 0 saturated heterocycles. The Morgan fingerprint density at radius 1 is 1.31 bits per heavy atom. The van der Waals surface area contributed by atoms with Crippen molar-refractivity contribution in [2.45, 2.75) is 72.3 Å². The number of unbranched alkanes of at least 4 members (excludes halogenated alkanes) is 1. The lowest BCUT2D eigenvalue weighted by molar-refractivity contribution is -0.142. The molecule has 0 heterocycles. The standard InChI is InChI=1S/C20H34N2O4/c1-13(2)10-15(18-16(23)11-20(3,4)12-17(18)24)22-9-7-6-8-14(21)19(25)26-5/h13-14,23H,6-12,21H2,1-5H3/t14-/m0/s1. The number of hydrogen-bond donors (Lipinski definition) is 2. The first-order chi connectivity index (χ1) is 12.1. The molecule has 6 nitrogen and oxygen atoms in total. The van der Waals surface area contributed by atoms with Crippen LogP contribution in [0.25, 0.3) is 0 Å². The maximum absolute atomic E-state index is 12.6. The third kappa shape index (κ3) is 6.90. The number of Topliss-reactive ketones (excluding diaryl/α,β-unsaturated/α-hetero) is 1. The Bertz CT molecular complexity index is 576. The van der Waals surface area contributed by atoms with Gasteiger partial charge in [0.25, 0.3) is 0 Å². The monoisotopic (exact) mass is 366 g/mol. The molecule has 0 unspecified atom stereocenters. The topological polar surface area (TPSA) is 102 Å². The highest BCUT2D eigenvalue weighted by molar-refractivity contribution is 6.23. The first-order valence-electron chi connectivity index (χ1n) is 9.40. The van der Waals surface area contributed by atoms with Crippen LogP contribution in [0.5, 0.6) is 0 Å². The van der Waals surface area contributed by atoms with E-state index in [-0.39, 0.29) is 17.0 Å². The third-order valence-corrected chi connectivity index (χ3v) is 4.47. The highest BCUT2D eigenvalue weighted by Gasteiger charge is 2.35. The maximum atomic E-state index is 12.6. The summed E-state index contributed by atoms with van der Waals surface area (Å²) in [5.41, 5.74) is 6.63. The van der Waals surface area contributed by atoms with Crippen LogP contribution in [-0.4, -0.2) is 42.3 Å². The second-order valence-corrected chi connectivity index (χ2v) is 8.31. The molecule has 1 aliphatic rings. The number of nitrogens with two attached hydrogens (primary N) is 1. The lowest BCUT2D eigenvalue weighted by Crippen LogP contribution is -2.31. The fraction of sp³-hybridized carbons (Fsp3) is 0.750. The molecule has 0 aromatic heterocycles. The third-order valence-electron chi connectivity index (χ3n) is 4.47. The van der Waals surface area contributed by atoms with Gasteiger partial charge in [0, 0.05) is 25.1 Å². The number of ketones is 1. The van der Waals surface area contributed by atoms with Gasteiger partial charge in [0.2, 0.25) is 0 Å². The number of hydrogen-bond acceptors (Lipinski definition) is 6. The smallest absolute Gasteiger partial charge is 0.322 e. The summed E-state index contributed by atoms with van der Waals surface area (Å²) < 4.78 is 4.61. The number of aliphatic hydroxyl groups is 1. The molecule has 0 bridgehead atoms. The van der Waals surface area contributed by atoms with Crippen LogP contribution < -0.4 is 5.73 Å². The van der Waals surface area contributed by atoms with Crippen LogP contribution in [0.15, 0.2) is 16.3 Å². The van der Waals surface area contributed by atoms with Crippen LogP contribution in [-0.2, 0) is 14.3 Å². The highest BCUT2D eigenvalue weighted by atomic mass is 16.5. The van der Waals surface area contributed by atoms with E-state index in [9.17, 15) is 14.7 Å². The Morgan fingerprint density at radius 3 is 2.50 bits per heavy atom. The van der Waals surface area contributed by atoms with E-state index in [1.54, 1.807) is 0 Å². The molecule has 6 heteroatoms. The molecule has 148 valence electrons. The SMILES string of the molecule is COC(=O)[C@@H](N)CCCCN=C(CC(C)C)C1=C(O)CC(C)(C)CC1=O. The molecule has 0 aliphatic heterocycles. The van der Waals surface area contributed by atoms with E-state index in [1.165, 1.54) is 7.11 Å². The molecule has 0 spiro atoms. The number of carbonyl (C=O) groups is 2. The summed E-state index contributed by atoms with van der Waals surface area (Å²) in [7, 11) is 1.33. The number of aliphatic imine (C=N–C) groups is 1. The molecular formula is C20H34N2O4. The molecule has 3 N–H and O–H groups in total. The Hall–Kier alpha value is -1.69. The molecule has 26 heavy (non-hydrogen) atoms. The van der Waals surface area contributed by atoms with Crippen molar-refractivity contribution in [1.29, 1.82) is 0 Å². The number of allylic oxidation sites excluding steroid dienone is 2. The average molecular weight is 367 g/mol. The van der Waals surface area contributed by atoms with Crippen molar-refractivity contribution in [1.82, 2.24) is 0 Å². The summed E-state index contributed by atoms with van der Waals surface area (Å²) >= 11 is 0. The van der Waals surface area contributed by atoms with Crippen molar-refractivity contribution >= 4 is 17.5 Å². The van der Waals surface area contributed by atoms with Gasteiger partial charge in [-0.05, 0) is 37.0 Å². The molecular weight excluding hydrogens is 332 g/mol. The zero-order valence-electron chi connectivity index (χ0n) is 16.8. The van der Waals surface area contributed by atoms with Gasteiger partial charge in [-0.1, -0.05) is 27.7 Å². The average Bonchev–Trinajstić information content (AvgIpc) is 2.50. The second kappa shape index (κ2) is 9.86. The number of nitrogens with zero attached hydrogens (tertiary/aromatic N) is 1. The largest absolute Gasteiger partial charge is 0.511 e. The van der Waals surface area contributed by atoms with Gasteiger partial charge < -0.3 is 15.6 Å². The quantitative estimate of drug-likeness (QED) is 0.370. The van der Waals surface area contributed by atoms with E-state index in [1.807, 2.05) is 13.8 Å². The molecule has 0 radical (unpaired) electrons. The zero-order chi connectivity index (χ0) is 19.9. The van der Waals surface area contributed by atoms with Gasteiger partial charge in [-0.25, -0.2) is 0 Å². The molecule has 0 aromatic carbocycles. The summed E-state index contributed by atoms with van der Waals surface area (Å²) in [4.78, 5) is 28.5. The van der Waals surface area contributed by atoms with E-state index < -0.39 is 12.0 Å². The summed E-state index contributed by atoms with van der Waals surface area (Å²) in [5.74, 6) is 0.0771. The highest BCUT2D eigenvalue weighted by Crippen LogP contribution is 2.36. The Kier molecular flexibility index (Phi) is 8.47. The van der Waals surface area contributed by atoms with E-state index in [2.05, 4.69) is 23.6 Å². The summed E-state index contributed by atoms with van der Waals surface area (Å²) in [6, 6.07) is -0.604. The minimum absolute atomic E-state index is 0.0223. The van der Waals surface area contributed by atoms with E-state index in [0.717, 1.165) is 12.8 Å². The van der Waals surface area contributed by atoms with Crippen LogP contribution in [0.2, 0.25) is 0 Å². The summed E-state index contributed by atoms with van der Waals surface area (Å²) in [5, 5.41) is 10.4. The van der Waals surface area contributed by atoms with Gasteiger partial charge in [-0.15, -0.1) is 0 Å². The van der Waals surface area contributed by atoms with Gasteiger partial charge in [0.15, 0.2) is 5.78 Å². The second-order valence-electron chi connectivity index (χ2n) is 8.31. The summed E-state index contributed by atoms with van der Waals surface area (Å²) in [6.45, 7) is 8.66. The van der Waals surface area contributed by atoms with Crippen molar-refractivity contribution < 1.29 is 19.4 Å². The Balaban J connectivity index is 2.76. The van der Waals surface area contributed by atoms with Crippen molar-refractivity contribution in [2.75, 3.05) is 13.7 Å². The van der Waals surface area contributed by atoms with Crippen molar-refractivity contribution in [3.63, 3.8) is 0 Å². The molecule has 1 aliphatic carbocycles. The minimum Gasteiger partial charge on any atom is -0.511 e. The van der Waals surface area contributed by atoms with Gasteiger partial charge >= 0.3 is 5.97 Å².